The first-order valence-corrected chi connectivity index (χ1v) is 7.50. The van der Waals surface area contributed by atoms with Crippen LogP contribution in [0.25, 0.3) is 0 Å². The van der Waals surface area contributed by atoms with Crippen molar-refractivity contribution in [3.8, 4) is 0 Å². The van der Waals surface area contributed by atoms with Crippen molar-refractivity contribution in [2.24, 2.45) is 11.7 Å². The number of thioether (sulfide) groups is 1. The van der Waals surface area contributed by atoms with Crippen LogP contribution in [-0.2, 0) is 9.59 Å². The Bertz CT molecular complexity index is 402. The van der Waals surface area contributed by atoms with E-state index in [1.807, 2.05) is 13.8 Å². The summed E-state index contributed by atoms with van der Waals surface area (Å²) in [6, 6.07) is -1.73. The molecule has 1 fully saturated rings. The van der Waals surface area contributed by atoms with Crippen LogP contribution in [0.1, 0.15) is 27.2 Å². The minimum absolute atomic E-state index is 0.0246. The number of urea groups is 1. The number of aliphatic carboxylic acids is 1. The van der Waals surface area contributed by atoms with Crippen molar-refractivity contribution in [1.82, 2.24) is 10.2 Å². The number of carboxylic acids is 1. The maximum Gasteiger partial charge on any atom is 0.327 e. The Hall–Kier alpha value is -1.44. The van der Waals surface area contributed by atoms with Gasteiger partial charge in [-0.3, -0.25) is 9.69 Å². The maximum atomic E-state index is 12.3. The van der Waals surface area contributed by atoms with Crippen molar-refractivity contribution in [2.45, 2.75) is 44.6 Å². The van der Waals surface area contributed by atoms with Crippen molar-refractivity contribution < 1.29 is 19.5 Å². The smallest absolute Gasteiger partial charge is 0.327 e. The molecular formula is C12H21N3O4S. The van der Waals surface area contributed by atoms with E-state index in [1.165, 1.54) is 16.7 Å². The molecule has 0 bridgehead atoms. The first-order chi connectivity index (χ1) is 9.23. The van der Waals surface area contributed by atoms with E-state index in [9.17, 15) is 19.5 Å². The summed E-state index contributed by atoms with van der Waals surface area (Å²) < 4.78 is 0. The number of hydrogen-bond acceptors (Lipinski definition) is 4. The number of carbonyl (C=O) groups is 3. The van der Waals surface area contributed by atoms with Crippen LogP contribution in [-0.4, -0.2) is 51.1 Å². The van der Waals surface area contributed by atoms with Gasteiger partial charge in [0.2, 0.25) is 5.91 Å². The minimum atomic E-state index is -1.02. The van der Waals surface area contributed by atoms with Crippen LogP contribution < -0.4 is 11.1 Å². The number of nitrogens with zero attached hydrogens (tertiary/aromatic N) is 1. The molecule has 0 aromatic heterocycles. The molecule has 1 aliphatic heterocycles. The fraction of sp³-hybridized carbons (Fsp3) is 0.750. The molecule has 114 valence electrons. The first-order valence-electron chi connectivity index (χ1n) is 6.45. The largest absolute Gasteiger partial charge is 0.480 e. The second-order valence-corrected chi connectivity index (χ2v) is 6.40. The summed E-state index contributed by atoms with van der Waals surface area (Å²) in [5.74, 6) is -1.01. The molecule has 7 nitrogen and oxygen atoms in total. The molecule has 0 radical (unpaired) electrons. The van der Waals surface area contributed by atoms with E-state index in [2.05, 4.69) is 5.32 Å². The number of hydrogen-bond donors (Lipinski definition) is 3. The Labute approximate surface area is 122 Å². The Balaban J connectivity index is 2.78. The van der Waals surface area contributed by atoms with E-state index in [0.717, 1.165) is 0 Å². The number of nitrogens with one attached hydrogen (secondary N) is 1. The summed E-state index contributed by atoms with van der Waals surface area (Å²) in [4.78, 5) is 35.7. The highest BCUT2D eigenvalue weighted by atomic mass is 32.2. The lowest BCUT2D eigenvalue weighted by Gasteiger charge is -2.30. The average Bonchev–Trinajstić information content (AvgIpc) is 2.71. The average molecular weight is 303 g/mol. The molecule has 0 saturated carbocycles. The molecule has 0 spiro atoms. The standard InChI is InChI=1S/C12H21N3O4S/c1-6(2)10-15(8(5-20-10)11(17)18)12(19)14-7(3)4-9(13)16/h6-8,10H,4-5H2,1-3H3,(H2,13,16)(H,14,19)(H,17,18). The topological polar surface area (TPSA) is 113 Å². The number of carbonyl (C=O) groups excluding carboxylic acids is 2. The molecule has 0 aliphatic carbocycles. The summed E-state index contributed by atoms with van der Waals surface area (Å²) in [7, 11) is 0. The number of amides is 3. The molecule has 1 saturated heterocycles. The highest BCUT2D eigenvalue weighted by Gasteiger charge is 2.43. The van der Waals surface area contributed by atoms with Crippen LogP contribution in [0.3, 0.4) is 0 Å². The molecule has 8 heteroatoms. The third-order valence-electron chi connectivity index (χ3n) is 3.00. The number of carboxylic acid groups (broad SMARTS) is 1. The zero-order chi connectivity index (χ0) is 15.4. The van der Waals surface area contributed by atoms with Gasteiger partial charge in [0.1, 0.15) is 6.04 Å². The van der Waals surface area contributed by atoms with Gasteiger partial charge in [-0.1, -0.05) is 13.8 Å². The van der Waals surface area contributed by atoms with E-state index in [4.69, 9.17) is 5.73 Å². The van der Waals surface area contributed by atoms with E-state index in [1.54, 1.807) is 6.92 Å². The zero-order valence-corrected chi connectivity index (χ0v) is 12.6. The van der Waals surface area contributed by atoms with Crippen LogP contribution in [0.2, 0.25) is 0 Å². The normalized spacial score (nSPS) is 23.7. The molecule has 4 N–H and O–H groups in total. The molecule has 0 aromatic rings. The van der Waals surface area contributed by atoms with Crippen molar-refractivity contribution in [3.63, 3.8) is 0 Å². The van der Waals surface area contributed by atoms with Crippen molar-refractivity contribution in [1.29, 1.82) is 0 Å². The van der Waals surface area contributed by atoms with Crippen molar-refractivity contribution in [3.05, 3.63) is 0 Å². The van der Waals surface area contributed by atoms with E-state index in [0.29, 0.717) is 5.75 Å². The highest BCUT2D eigenvalue weighted by molar-refractivity contribution is 8.00. The molecule has 0 aromatic carbocycles. The molecule has 3 unspecified atom stereocenters. The van der Waals surface area contributed by atoms with E-state index < -0.39 is 30.0 Å². The lowest BCUT2D eigenvalue weighted by Crippen LogP contribution is -2.53. The lowest BCUT2D eigenvalue weighted by atomic mass is 10.1. The zero-order valence-electron chi connectivity index (χ0n) is 11.8. The fourth-order valence-corrected chi connectivity index (χ4v) is 3.60. The van der Waals surface area contributed by atoms with E-state index >= 15 is 0 Å². The monoisotopic (exact) mass is 303 g/mol. The second-order valence-electron chi connectivity index (χ2n) is 5.25. The Morgan fingerprint density at radius 2 is 2.00 bits per heavy atom. The van der Waals surface area contributed by atoms with Gasteiger partial charge in [-0.05, 0) is 12.8 Å². The Morgan fingerprint density at radius 1 is 1.40 bits per heavy atom. The number of primary amides is 1. The summed E-state index contributed by atoms with van der Waals surface area (Å²) in [6.45, 7) is 5.54. The molecule has 3 atom stereocenters. The van der Waals surface area contributed by atoms with E-state index in [-0.39, 0.29) is 17.7 Å². The van der Waals surface area contributed by atoms with Gasteiger partial charge < -0.3 is 16.2 Å². The Morgan fingerprint density at radius 3 is 2.45 bits per heavy atom. The maximum absolute atomic E-state index is 12.3. The van der Waals surface area contributed by atoms with Gasteiger partial charge in [0.05, 0.1) is 5.37 Å². The van der Waals surface area contributed by atoms with Gasteiger partial charge >= 0.3 is 12.0 Å². The molecule has 1 aliphatic rings. The first kappa shape index (κ1) is 16.6. The lowest BCUT2D eigenvalue weighted by molar-refractivity contribution is -0.141. The summed E-state index contributed by atoms with van der Waals surface area (Å²) in [5, 5.41) is 11.7. The predicted molar refractivity (Wildman–Crippen MR) is 76.2 cm³/mol. The van der Waals surface area contributed by atoms with Gasteiger partial charge in [0, 0.05) is 18.2 Å². The van der Waals surface area contributed by atoms with Crippen LogP contribution in [0.15, 0.2) is 0 Å². The molecule has 3 amide bonds. The summed E-state index contributed by atoms with van der Waals surface area (Å²) in [6.07, 6.45) is 0.0246. The van der Waals surface area contributed by atoms with Crippen LogP contribution >= 0.6 is 11.8 Å². The van der Waals surface area contributed by atoms with Gasteiger partial charge in [-0.15, -0.1) is 11.8 Å². The third kappa shape index (κ3) is 4.03. The number of rotatable bonds is 5. The summed E-state index contributed by atoms with van der Waals surface area (Å²) >= 11 is 1.46. The molecule has 20 heavy (non-hydrogen) atoms. The molecule has 1 heterocycles. The van der Waals surface area contributed by atoms with Gasteiger partial charge in [0.25, 0.3) is 0 Å². The minimum Gasteiger partial charge on any atom is -0.480 e. The summed E-state index contributed by atoms with van der Waals surface area (Å²) in [5.41, 5.74) is 5.07. The van der Waals surface area contributed by atoms with Crippen LogP contribution in [0.5, 0.6) is 0 Å². The van der Waals surface area contributed by atoms with Gasteiger partial charge in [-0.25, -0.2) is 9.59 Å². The molecular weight excluding hydrogens is 282 g/mol. The van der Waals surface area contributed by atoms with Crippen molar-refractivity contribution >= 4 is 29.7 Å². The predicted octanol–water partition coefficient (Wildman–Crippen LogP) is 0.444. The third-order valence-corrected chi connectivity index (χ3v) is 4.62. The SMILES string of the molecule is CC(CC(N)=O)NC(=O)N1C(C(=O)O)CSC1C(C)C. The van der Waals surface area contributed by atoms with Gasteiger partial charge in [-0.2, -0.15) is 0 Å². The van der Waals surface area contributed by atoms with Crippen LogP contribution in [0.4, 0.5) is 4.79 Å². The van der Waals surface area contributed by atoms with Crippen LogP contribution in [0, 0.1) is 5.92 Å². The van der Waals surface area contributed by atoms with Gasteiger partial charge in [0.15, 0.2) is 0 Å². The van der Waals surface area contributed by atoms with Crippen molar-refractivity contribution in [2.75, 3.05) is 5.75 Å². The molecule has 1 rings (SSSR count). The number of nitrogens with two attached hydrogens (primary N) is 1. The fourth-order valence-electron chi connectivity index (χ4n) is 2.13. The quantitative estimate of drug-likeness (QED) is 0.682. The Kier molecular flexibility index (Phi) is 5.67. The second kappa shape index (κ2) is 6.83. The highest BCUT2D eigenvalue weighted by Crippen LogP contribution is 2.34.